The average molecular weight is 232 g/mol. The highest BCUT2D eigenvalue weighted by Crippen LogP contribution is 2.24. The molecule has 2 N–H and O–H groups in total. The summed E-state index contributed by atoms with van der Waals surface area (Å²) in [5.74, 6) is -0.395. The molecule has 0 atom stereocenters. The smallest absolute Gasteiger partial charge is 0.261 e. The minimum Gasteiger partial charge on any atom is -0.354 e. The van der Waals surface area contributed by atoms with Gasteiger partial charge in [-0.15, -0.1) is 0 Å². The van der Waals surface area contributed by atoms with Gasteiger partial charge in [0.2, 0.25) is 0 Å². The van der Waals surface area contributed by atoms with Crippen molar-refractivity contribution in [3.8, 4) is 6.07 Å². The largest absolute Gasteiger partial charge is 0.354 e. The van der Waals surface area contributed by atoms with E-state index >= 15 is 0 Å². The Morgan fingerprint density at radius 2 is 2.24 bits per heavy atom. The van der Waals surface area contributed by atoms with Gasteiger partial charge in [0.25, 0.3) is 5.91 Å². The first-order valence-electron chi connectivity index (χ1n) is 5.28. The molecule has 1 amide bonds. The maximum atomic E-state index is 11.4. The normalized spacial score (nSPS) is 12.1. The van der Waals surface area contributed by atoms with Gasteiger partial charge in [-0.25, -0.2) is 0 Å². The summed E-state index contributed by atoms with van der Waals surface area (Å²) in [6.07, 6.45) is 3.16. The Hall–Kier alpha value is -2.09. The number of nitrogens with zero attached hydrogens (tertiary/aromatic N) is 2. The van der Waals surface area contributed by atoms with Crippen molar-refractivity contribution in [1.82, 2.24) is 15.5 Å². The van der Waals surface area contributed by atoms with Gasteiger partial charge in [-0.05, 0) is 6.08 Å². The molecule has 0 aliphatic rings. The van der Waals surface area contributed by atoms with Crippen LogP contribution in [0.2, 0.25) is 0 Å². The summed E-state index contributed by atoms with van der Waals surface area (Å²) in [5.41, 5.74) is 1.61. The van der Waals surface area contributed by atoms with Gasteiger partial charge in [0.15, 0.2) is 0 Å². The third-order valence-electron chi connectivity index (χ3n) is 2.31. The lowest BCUT2D eigenvalue weighted by molar-refractivity contribution is -0.116. The second kappa shape index (κ2) is 4.83. The number of H-pyrrole nitrogens is 1. The molecule has 0 bridgehead atoms. The average Bonchev–Trinajstić information content (AvgIpc) is 2.72. The van der Waals surface area contributed by atoms with E-state index in [1.807, 2.05) is 26.8 Å². The lowest BCUT2D eigenvalue weighted by Crippen LogP contribution is -2.19. The van der Waals surface area contributed by atoms with Crippen molar-refractivity contribution in [1.29, 1.82) is 5.26 Å². The van der Waals surface area contributed by atoms with Crippen LogP contribution in [0.15, 0.2) is 11.8 Å². The van der Waals surface area contributed by atoms with Crippen LogP contribution in [-0.4, -0.2) is 23.2 Å². The van der Waals surface area contributed by atoms with Crippen molar-refractivity contribution in [2.45, 2.75) is 26.2 Å². The SMILES string of the molecule is CNC(=O)/C(C#N)=C\c1cn[nH]c1C(C)(C)C. The summed E-state index contributed by atoms with van der Waals surface area (Å²) in [6, 6.07) is 1.88. The number of aromatic amines is 1. The van der Waals surface area contributed by atoms with E-state index in [9.17, 15) is 4.79 Å². The first-order valence-corrected chi connectivity index (χ1v) is 5.28. The van der Waals surface area contributed by atoms with Gasteiger partial charge < -0.3 is 5.32 Å². The maximum absolute atomic E-state index is 11.4. The molecule has 1 heterocycles. The van der Waals surface area contributed by atoms with Gasteiger partial charge in [0.1, 0.15) is 11.6 Å². The van der Waals surface area contributed by atoms with Crippen LogP contribution in [0.4, 0.5) is 0 Å². The van der Waals surface area contributed by atoms with Crippen molar-refractivity contribution < 1.29 is 4.79 Å². The molecule has 0 fully saturated rings. The fourth-order valence-corrected chi connectivity index (χ4v) is 1.44. The molecule has 0 saturated carbocycles. The zero-order valence-corrected chi connectivity index (χ0v) is 10.5. The molecule has 0 aliphatic carbocycles. The van der Waals surface area contributed by atoms with E-state index in [2.05, 4.69) is 15.5 Å². The van der Waals surface area contributed by atoms with Crippen LogP contribution < -0.4 is 5.32 Å². The number of hydrogen-bond donors (Lipinski definition) is 2. The van der Waals surface area contributed by atoms with E-state index in [1.54, 1.807) is 12.3 Å². The molecule has 0 aromatic carbocycles. The summed E-state index contributed by atoms with van der Waals surface area (Å²) in [6.45, 7) is 6.09. The molecular formula is C12H16N4O. The van der Waals surface area contributed by atoms with Gasteiger partial charge in [-0.1, -0.05) is 20.8 Å². The van der Waals surface area contributed by atoms with E-state index in [1.165, 1.54) is 7.05 Å². The Morgan fingerprint density at radius 1 is 1.59 bits per heavy atom. The van der Waals surface area contributed by atoms with Gasteiger partial charge >= 0.3 is 0 Å². The number of aromatic nitrogens is 2. The van der Waals surface area contributed by atoms with E-state index in [0.717, 1.165) is 11.3 Å². The van der Waals surface area contributed by atoms with E-state index < -0.39 is 5.91 Å². The number of rotatable bonds is 2. The van der Waals surface area contributed by atoms with Gasteiger partial charge in [-0.3, -0.25) is 9.89 Å². The Labute approximate surface area is 101 Å². The molecule has 0 unspecified atom stereocenters. The molecule has 5 nitrogen and oxygen atoms in total. The highest BCUT2D eigenvalue weighted by atomic mass is 16.1. The minimum atomic E-state index is -0.395. The molecule has 90 valence electrons. The summed E-state index contributed by atoms with van der Waals surface area (Å²) in [4.78, 5) is 11.4. The Bertz CT molecular complexity index is 485. The van der Waals surface area contributed by atoms with Crippen LogP contribution in [-0.2, 0) is 10.2 Å². The highest BCUT2D eigenvalue weighted by molar-refractivity contribution is 6.01. The van der Waals surface area contributed by atoms with Gasteiger partial charge in [0, 0.05) is 23.7 Å². The highest BCUT2D eigenvalue weighted by Gasteiger charge is 2.20. The molecule has 0 aliphatic heterocycles. The number of nitriles is 1. The molecule has 0 spiro atoms. The number of amides is 1. The quantitative estimate of drug-likeness (QED) is 0.596. The van der Waals surface area contributed by atoms with Crippen molar-refractivity contribution >= 4 is 12.0 Å². The molecule has 1 aromatic heterocycles. The van der Waals surface area contributed by atoms with Crippen LogP contribution in [0.25, 0.3) is 6.08 Å². The number of likely N-dealkylation sites (N-methyl/N-ethyl adjacent to an activating group) is 1. The van der Waals surface area contributed by atoms with E-state index in [4.69, 9.17) is 5.26 Å². The zero-order valence-electron chi connectivity index (χ0n) is 10.5. The molecule has 5 heteroatoms. The lowest BCUT2D eigenvalue weighted by atomic mass is 9.89. The predicted octanol–water partition coefficient (Wildman–Crippen LogP) is 1.36. The topological polar surface area (TPSA) is 81.6 Å². The van der Waals surface area contributed by atoms with Crippen molar-refractivity contribution in [3.05, 3.63) is 23.0 Å². The molecule has 1 aromatic rings. The summed E-state index contributed by atoms with van der Waals surface area (Å²) in [5, 5.41) is 18.2. The zero-order chi connectivity index (χ0) is 13.1. The third-order valence-corrected chi connectivity index (χ3v) is 2.31. The third kappa shape index (κ3) is 2.94. The Balaban J connectivity index is 3.19. The number of carbonyl (C=O) groups is 1. The van der Waals surface area contributed by atoms with Gasteiger partial charge in [-0.2, -0.15) is 10.4 Å². The Morgan fingerprint density at radius 3 is 2.71 bits per heavy atom. The second-order valence-corrected chi connectivity index (χ2v) is 4.70. The maximum Gasteiger partial charge on any atom is 0.261 e. The first kappa shape index (κ1) is 13.0. The molecule has 0 radical (unpaired) electrons. The molecular weight excluding hydrogens is 216 g/mol. The monoisotopic (exact) mass is 232 g/mol. The number of carbonyl (C=O) groups excluding carboxylic acids is 1. The van der Waals surface area contributed by atoms with Crippen molar-refractivity contribution in [2.24, 2.45) is 0 Å². The summed E-state index contributed by atoms with van der Waals surface area (Å²) < 4.78 is 0. The lowest BCUT2D eigenvalue weighted by Gasteiger charge is -2.17. The standard InChI is InChI=1S/C12H16N4O/c1-12(2,3)10-9(7-15-16-10)5-8(6-13)11(17)14-4/h5,7H,1-4H3,(H,14,17)(H,15,16)/b8-5-. The Kier molecular flexibility index (Phi) is 3.69. The molecule has 17 heavy (non-hydrogen) atoms. The van der Waals surface area contributed by atoms with Crippen LogP contribution >= 0.6 is 0 Å². The van der Waals surface area contributed by atoms with Crippen LogP contribution in [0.1, 0.15) is 32.0 Å². The molecule has 1 rings (SSSR count). The minimum absolute atomic E-state index is 0.0689. The predicted molar refractivity (Wildman–Crippen MR) is 64.9 cm³/mol. The van der Waals surface area contributed by atoms with E-state index in [-0.39, 0.29) is 11.0 Å². The van der Waals surface area contributed by atoms with Crippen molar-refractivity contribution in [2.75, 3.05) is 7.05 Å². The number of nitrogens with one attached hydrogen (secondary N) is 2. The van der Waals surface area contributed by atoms with Crippen molar-refractivity contribution in [3.63, 3.8) is 0 Å². The fourth-order valence-electron chi connectivity index (χ4n) is 1.44. The molecule has 0 saturated heterocycles. The fraction of sp³-hybridized carbons (Fsp3) is 0.417. The van der Waals surface area contributed by atoms with Crippen LogP contribution in [0, 0.1) is 11.3 Å². The van der Waals surface area contributed by atoms with Crippen LogP contribution in [0.5, 0.6) is 0 Å². The van der Waals surface area contributed by atoms with E-state index in [0.29, 0.717) is 0 Å². The summed E-state index contributed by atoms with van der Waals surface area (Å²) >= 11 is 0. The first-order chi connectivity index (χ1) is 7.90. The van der Waals surface area contributed by atoms with Crippen LogP contribution in [0.3, 0.4) is 0 Å². The second-order valence-electron chi connectivity index (χ2n) is 4.70. The number of hydrogen-bond acceptors (Lipinski definition) is 3. The summed E-state index contributed by atoms with van der Waals surface area (Å²) in [7, 11) is 1.49. The van der Waals surface area contributed by atoms with Gasteiger partial charge in [0.05, 0.1) is 6.20 Å².